The smallest absolute Gasteiger partial charge is 0.141 e. The quantitative estimate of drug-likeness (QED) is 0.781. The van der Waals surface area contributed by atoms with E-state index in [1.807, 2.05) is 0 Å². The Morgan fingerprint density at radius 2 is 2.15 bits per heavy atom. The maximum atomic E-state index is 13.0. The standard InChI is InChI=1S/C8H8ClF2NO/c9-4-1-2-5(11)7(8(4)13)6(12)3-10/h1-2,6,13H,3,12H2/t6-/m0/s1. The summed E-state index contributed by atoms with van der Waals surface area (Å²) in [5, 5.41) is 9.22. The highest BCUT2D eigenvalue weighted by Crippen LogP contribution is 2.32. The largest absolute Gasteiger partial charge is 0.506 e. The zero-order valence-corrected chi connectivity index (χ0v) is 7.35. The molecule has 2 nitrogen and oxygen atoms in total. The molecule has 72 valence electrons. The van der Waals surface area contributed by atoms with Crippen molar-refractivity contribution in [1.29, 1.82) is 0 Å². The summed E-state index contributed by atoms with van der Waals surface area (Å²) in [6.45, 7) is -0.954. The molecule has 0 radical (unpaired) electrons. The van der Waals surface area contributed by atoms with E-state index in [1.54, 1.807) is 0 Å². The summed E-state index contributed by atoms with van der Waals surface area (Å²) in [4.78, 5) is 0. The van der Waals surface area contributed by atoms with Crippen LogP contribution in [0.3, 0.4) is 0 Å². The van der Waals surface area contributed by atoms with Crippen LogP contribution >= 0.6 is 11.6 Å². The molecule has 1 aromatic carbocycles. The summed E-state index contributed by atoms with van der Waals surface area (Å²) in [5.74, 6) is -1.25. The lowest BCUT2D eigenvalue weighted by Gasteiger charge is -2.11. The molecule has 0 heterocycles. The van der Waals surface area contributed by atoms with Gasteiger partial charge in [0, 0.05) is 0 Å². The first-order valence-electron chi connectivity index (χ1n) is 3.56. The van der Waals surface area contributed by atoms with Crippen LogP contribution in [0.5, 0.6) is 5.75 Å². The predicted octanol–water partition coefficient (Wildman–Crippen LogP) is 2.15. The zero-order chi connectivity index (χ0) is 10.0. The number of rotatable bonds is 2. The van der Waals surface area contributed by atoms with E-state index < -0.39 is 24.3 Å². The van der Waals surface area contributed by atoms with E-state index in [0.717, 1.165) is 6.07 Å². The number of phenolic OH excluding ortho intramolecular Hbond substituents is 1. The van der Waals surface area contributed by atoms with Crippen LogP contribution in [0.2, 0.25) is 5.02 Å². The summed E-state index contributed by atoms with van der Waals surface area (Å²) in [6.07, 6.45) is 0. The molecule has 3 N–H and O–H groups in total. The van der Waals surface area contributed by atoms with E-state index in [2.05, 4.69) is 0 Å². The van der Waals surface area contributed by atoms with Gasteiger partial charge in [-0.25, -0.2) is 8.78 Å². The number of alkyl halides is 1. The molecule has 5 heteroatoms. The Morgan fingerprint density at radius 3 is 2.69 bits per heavy atom. The third kappa shape index (κ3) is 1.89. The number of nitrogens with two attached hydrogens (primary N) is 1. The fourth-order valence-corrected chi connectivity index (χ4v) is 1.15. The van der Waals surface area contributed by atoms with Crippen LogP contribution in [0.15, 0.2) is 12.1 Å². The molecule has 0 aliphatic rings. The summed E-state index contributed by atoms with van der Waals surface area (Å²) in [6, 6.07) is 1.03. The van der Waals surface area contributed by atoms with Crippen LogP contribution < -0.4 is 5.73 Å². The monoisotopic (exact) mass is 207 g/mol. The molecular formula is C8H8ClF2NO. The van der Waals surface area contributed by atoms with Crippen molar-refractivity contribution in [1.82, 2.24) is 0 Å². The van der Waals surface area contributed by atoms with E-state index in [-0.39, 0.29) is 10.6 Å². The Balaban J connectivity index is 3.25. The lowest BCUT2D eigenvalue weighted by atomic mass is 10.1. The minimum atomic E-state index is -1.18. The van der Waals surface area contributed by atoms with Gasteiger partial charge in [0.25, 0.3) is 0 Å². The van der Waals surface area contributed by atoms with E-state index >= 15 is 0 Å². The van der Waals surface area contributed by atoms with Gasteiger partial charge in [0.1, 0.15) is 18.2 Å². The first kappa shape index (κ1) is 10.2. The predicted molar refractivity (Wildman–Crippen MR) is 46.0 cm³/mol. The average Bonchev–Trinajstić information content (AvgIpc) is 2.12. The van der Waals surface area contributed by atoms with E-state index in [0.29, 0.717) is 0 Å². The second kappa shape index (κ2) is 3.89. The summed E-state index contributed by atoms with van der Waals surface area (Å²) >= 11 is 5.49. The molecule has 0 aromatic heterocycles. The highest BCUT2D eigenvalue weighted by Gasteiger charge is 2.18. The van der Waals surface area contributed by atoms with Gasteiger partial charge in [0.2, 0.25) is 0 Å². The number of halogens is 3. The first-order chi connectivity index (χ1) is 6.07. The Labute approximate surface area is 78.9 Å². The average molecular weight is 208 g/mol. The third-order valence-corrected chi connectivity index (χ3v) is 1.96. The van der Waals surface area contributed by atoms with Gasteiger partial charge in [0.15, 0.2) is 0 Å². The number of hydrogen-bond donors (Lipinski definition) is 2. The molecule has 0 saturated carbocycles. The number of aromatic hydroxyl groups is 1. The van der Waals surface area contributed by atoms with Gasteiger partial charge < -0.3 is 10.8 Å². The van der Waals surface area contributed by atoms with Crippen LogP contribution in [0.4, 0.5) is 8.78 Å². The molecule has 0 unspecified atom stereocenters. The topological polar surface area (TPSA) is 46.2 Å². The number of phenols is 1. The number of benzene rings is 1. The van der Waals surface area contributed by atoms with Crippen molar-refractivity contribution in [2.45, 2.75) is 6.04 Å². The van der Waals surface area contributed by atoms with Crippen molar-refractivity contribution in [3.8, 4) is 5.75 Å². The van der Waals surface area contributed by atoms with E-state index in [1.165, 1.54) is 6.07 Å². The van der Waals surface area contributed by atoms with Gasteiger partial charge in [-0.3, -0.25) is 0 Å². The third-order valence-electron chi connectivity index (χ3n) is 1.65. The molecule has 0 aliphatic carbocycles. The minimum Gasteiger partial charge on any atom is -0.506 e. The molecule has 0 saturated heterocycles. The maximum Gasteiger partial charge on any atom is 0.141 e. The fraction of sp³-hybridized carbons (Fsp3) is 0.250. The lowest BCUT2D eigenvalue weighted by molar-refractivity contribution is 0.401. The Bertz CT molecular complexity index is 319. The molecule has 0 spiro atoms. The van der Waals surface area contributed by atoms with Crippen molar-refractivity contribution in [2.75, 3.05) is 6.67 Å². The van der Waals surface area contributed by atoms with Gasteiger partial charge in [-0.2, -0.15) is 0 Å². The van der Waals surface area contributed by atoms with Crippen molar-refractivity contribution in [3.05, 3.63) is 28.5 Å². The second-order valence-electron chi connectivity index (χ2n) is 2.55. The van der Waals surface area contributed by atoms with Crippen LogP contribution in [-0.4, -0.2) is 11.8 Å². The molecular weight excluding hydrogens is 200 g/mol. The van der Waals surface area contributed by atoms with Gasteiger partial charge in [-0.05, 0) is 12.1 Å². The Kier molecular flexibility index (Phi) is 3.06. The first-order valence-corrected chi connectivity index (χ1v) is 3.94. The van der Waals surface area contributed by atoms with Gasteiger partial charge in [-0.15, -0.1) is 0 Å². The highest BCUT2D eigenvalue weighted by molar-refractivity contribution is 6.32. The molecule has 0 amide bonds. The maximum absolute atomic E-state index is 13.0. The van der Waals surface area contributed by atoms with Crippen molar-refractivity contribution >= 4 is 11.6 Å². The molecule has 1 atom stereocenters. The Hall–Kier alpha value is -0.870. The van der Waals surface area contributed by atoms with Gasteiger partial charge in [0.05, 0.1) is 16.6 Å². The lowest BCUT2D eigenvalue weighted by Crippen LogP contribution is -2.14. The molecule has 0 bridgehead atoms. The van der Waals surface area contributed by atoms with Crippen LogP contribution in [0, 0.1) is 5.82 Å². The summed E-state index contributed by atoms with van der Waals surface area (Å²) in [7, 11) is 0. The van der Waals surface area contributed by atoms with Gasteiger partial charge >= 0.3 is 0 Å². The van der Waals surface area contributed by atoms with Crippen LogP contribution in [0.25, 0.3) is 0 Å². The molecule has 1 aromatic rings. The summed E-state index contributed by atoms with van der Waals surface area (Å²) < 4.78 is 25.1. The van der Waals surface area contributed by atoms with Crippen molar-refractivity contribution < 1.29 is 13.9 Å². The molecule has 0 fully saturated rings. The summed E-state index contributed by atoms with van der Waals surface area (Å²) in [5.41, 5.74) is 4.95. The molecule has 1 rings (SSSR count). The second-order valence-corrected chi connectivity index (χ2v) is 2.96. The van der Waals surface area contributed by atoms with Crippen LogP contribution in [0.1, 0.15) is 11.6 Å². The fourth-order valence-electron chi connectivity index (χ4n) is 0.987. The number of hydrogen-bond acceptors (Lipinski definition) is 2. The van der Waals surface area contributed by atoms with E-state index in [9.17, 15) is 13.9 Å². The van der Waals surface area contributed by atoms with E-state index in [4.69, 9.17) is 17.3 Å². The highest BCUT2D eigenvalue weighted by atomic mass is 35.5. The van der Waals surface area contributed by atoms with Crippen molar-refractivity contribution in [2.24, 2.45) is 5.73 Å². The molecule has 0 aliphatic heterocycles. The minimum absolute atomic E-state index is 0.0414. The van der Waals surface area contributed by atoms with Crippen LogP contribution in [-0.2, 0) is 0 Å². The molecule has 13 heavy (non-hydrogen) atoms. The van der Waals surface area contributed by atoms with Gasteiger partial charge in [-0.1, -0.05) is 11.6 Å². The normalized spacial score (nSPS) is 12.9. The van der Waals surface area contributed by atoms with Crippen molar-refractivity contribution in [3.63, 3.8) is 0 Å². The zero-order valence-electron chi connectivity index (χ0n) is 6.60. The SMILES string of the molecule is N[C@@H](CF)c1c(F)ccc(Cl)c1O. The Morgan fingerprint density at radius 1 is 1.54 bits per heavy atom.